The molecule has 2 heterocycles. The maximum atomic E-state index is 14.1. The molecule has 2 aliphatic rings. The van der Waals surface area contributed by atoms with Gasteiger partial charge in [-0.15, -0.1) is 0 Å². The first-order chi connectivity index (χ1) is 15.5. The van der Waals surface area contributed by atoms with Gasteiger partial charge in [-0.2, -0.15) is 0 Å². The molecule has 2 saturated heterocycles. The van der Waals surface area contributed by atoms with Gasteiger partial charge in [0.2, 0.25) is 5.79 Å². The number of amides is 3. The van der Waals surface area contributed by atoms with Crippen molar-refractivity contribution in [2.75, 3.05) is 51.8 Å². The van der Waals surface area contributed by atoms with Gasteiger partial charge in [-0.05, 0) is 30.7 Å². The molecule has 0 bridgehead atoms. The molecule has 1 N–H and O–H groups in total. The molecule has 9 heteroatoms. The molecule has 32 heavy (non-hydrogen) atoms. The van der Waals surface area contributed by atoms with Crippen LogP contribution in [0.1, 0.15) is 16.8 Å². The van der Waals surface area contributed by atoms with Crippen LogP contribution in [0.5, 0.6) is 5.75 Å². The highest BCUT2D eigenvalue weighted by Gasteiger charge is 2.43. The van der Waals surface area contributed by atoms with Crippen LogP contribution in [-0.2, 0) is 9.47 Å². The average molecular weight is 443 g/mol. The van der Waals surface area contributed by atoms with Crippen LogP contribution in [0.25, 0.3) is 0 Å². The van der Waals surface area contributed by atoms with Gasteiger partial charge >= 0.3 is 6.03 Å². The molecule has 1 unspecified atom stereocenters. The lowest BCUT2D eigenvalue weighted by molar-refractivity contribution is -0.258. The van der Waals surface area contributed by atoms with Crippen LogP contribution in [0.2, 0.25) is 0 Å². The molecule has 4 rings (SSSR count). The van der Waals surface area contributed by atoms with Crippen LogP contribution in [0.4, 0.5) is 14.9 Å². The number of hydrogen-bond acceptors (Lipinski definition) is 5. The minimum absolute atomic E-state index is 0.00537. The minimum atomic E-state index is -1.17. The Kier molecular flexibility index (Phi) is 6.57. The Morgan fingerprint density at radius 1 is 1.03 bits per heavy atom. The zero-order valence-corrected chi connectivity index (χ0v) is 17.9. The molecular weight excluding hydrogens is 417 g/mol. The molecule has 2 aromatic carbocycles. The highest BCUT2D eigenvalue weighted by molar-refractivity contribution is 5.94. The summed E-state index contributed by atoms with van der Waals surface area (Å²) in [6.45, 7) is 1.64. The Morgan fingerprint density at radius 3 is 2.62 bits per heavy atom. The van der Waals surface area contributed by atoms with Crippen LogP contribution < -0.4 is 10.1 Å². The Bertz CT molecular complexity index is 988. The summed E-state index contributed by atoms with van der Waals surface area (Å²) >= 11 is 0. The maximum Gasteiger partial charge on any atom is 0.322 e. The lowest BCUT2D eigenvalue weighted by Gasteiger charge is -2.43. The number of nitrogens with zero attached hydrogens (tertiary/aromatic N) is 2. The standard InChI is InChI=1S/C23H26FN3O5/c1-30-18-7-4-6-17(14-18)25-22(29)27-10-5-12-31-23(16-27)15-26(11-13-32-23)21(28)19-8-2-3-9-20(19)24/h2-4,6-9,14H,5,10-13,15-16H2,1H3,(H,25,29). The number of nitrogens with one attached hydrogen (secondary N) is 1. The predicted octanol–water partition coefficient (Wildman–Crippen LogP) is 2.96. The smallest absolute Gasteiger partial charge is 0.322 e. The minimum Gasteiger partial charge on any atom is -0.497 e. The largest absolute Gasteiger partial charge is 0.497 e. The molecule has 1 spiro atoms. The number of carbonyl (C=O) groups is 2. The van der Waals surface area contributed by atoms with E-state index >= 15 is 0 Å². The molecule has 3 amide bonds. The quantitative estimate of drug-likeness (QED) is 0.789. The van der Waals surface area contributed by atoms with E-state index in [4.69, 9.17) is 14.2 Å². The lowest BCUT2D eigenvalue weighted by Crippen LogP contribution is -2.60. The van der Waals surface area contributed by atoms with E-state index in [0.29, 0.717) is 37.6 Å². The van der Waals surface area contributed by atoms with E-state index in [1.807, 2.05) is 0 Å². The molecule has 1 atom stereocenters. The summed E-state index contributed by atoms with van der Waals surface area (Å²) in [7, 11) is 1.56. The highest BCUT2D eigenvalue weighted by atomic mass is 19.1. The van der Waals surface area contributed by atoms with Crippen molar-refractivity contribution >= 4 is 17.6 Å². The fourth-order valence-corrected chi connectivity index (χ4v) is 3.92. The van der Waals surface area contributed by atoms with E-state index in [0.717, 1.165) is 0 Å². The van der Waals surface area contributed by atoms with Crippen molar-refractivity contribution in [2.24, 2.45) is 0 Å². The Labute approximate surface area is 185 Å². The van der Waals surface area contributed by atoms with Crippen molar-refractivity contribution in [3.63, 3.8) is 0 Å². The van der Waals surface area contributed by atoms with Crippen molar-refractivity contribution in [3.8, 4) is 5.75 Å². The molecule has 2 aromatic rings. The SMILES string of the molecule is COc1cccc(NC(=O)N2CCCOC3(C2)CN(C(=O)c2ccccc2F)CCO3)c1. The number of halogens is 1. The first kappa shape index (κ1) is 22.0. The molecule has 0 radical (unpaired) electrons. The van der Waals surface area contributed by atoms with Gasteiger partial charge in [-0.1, -0.05) is 18.2 Å². The molecule has 170 valence electrons. The van der Waals surface area contributed by atoms with Crippen molar-refractivity contribution in [3.05, 3.63) is 59.9 Å². The molecule has 0 aliphatic carbocycles. The van der Waals surface area contributed by atoms with Crippen molar-refractivity contribution < 1.29 is 28.2 Å². The third-order valence-corrected chi connectivity index (χ3v) is 5.53. The molecule has 2 fully saturated rings. The van der Waals surface area contributed by atoms with Crippen molar-refractivity contribution in [2.45, 2.75) is 12.2 Å². The van der Waals surface area contributed by atoms with E-state index < -0.39 is 17.5 Å². The number of rotatable bonds is 3. The zero-order chi connectivity index (χ0) is 22.6. The summed E-state index contributed by atoms with van der Waals surface area (Å²) in [6, 6.07) is 12.7. The lowest BCUT2D eigenvalue weighted by atomic mass is 10.1. The van der Waals surface area contributed by atoms with E-state index in [9.17, 15) is 14.0 Å². The third-order valence-electron chi connectivity index (χ3n) is 5.53. The van der Waals surface area contributed by atoms with Gasteiger partial charge in [0, 0.05) is 24.8 Å². The summed E-state index contributed by atoms with van der Waals surface area (Å²) in [4.78, 5) is 29.0. The van der Waals surface area contributed by atoms with E-state index in [-0.39, 0.29) is 31.3 Å². The third kappa shape index (κ3) is 4.84. The molecule has 8 nitrogen and oxygen atoms in total. The van der Waals surface area contributed by atoms with Gasteiger partial charge in [0.1, 0.15) is 11.6 Å². The second kappa shape index (κ2) is 9.54. The molecule has 0 aromatic heterocycles. The van der Waals surface area contributed by atoms with Gasteiger partial charge < -0.3 is 29.3 Å². The topological polar surface area (TPSA) is 80.3 Å². The van der Waals surface area contributed by atoms with Gasteiger partial charge in [0.25, 0.3) is 5.91 Å². The summed E-state index contributed by atoms with van der Waals surface area (Å²) in [5, 5.41) is 2.87. The fourth-order valence-electron chi connectivity index (χ4n) is 3.92. The molecular formula is C23H26FN3O5. The Morgan fingerprint density at radius 2 is 1.81 bits per heavy atom. The van der Waals surface area contributed by atoms with E-state index in [1.54, 1.807) is 48.4 Å². The maximum absolute atomic E-state index is 14.1. The van der Waals surface area contributed by atoms with Crippen molar-refractivity contribution in [1.82, 2.24) is 9.80 Å². The summed E-state index contributed by atoms with van der Waals surface area (Å²) in [5.74, 6) is -1.53. The van der Waals surface area contributed by atoms with Crippen LogP contribution in [0.3, 0.4) is 0 Å². The first-order valence-electron chi connectivity index (χ1n) is 10.5. The van der Waals surface area contributed by atoms with Crippen LogP contribution in [0.15, 0.2) is 48.5 Å². The number of carbonyl (C=O) groups excluding carboxylic acids is 2. The summed E-state index contributed by atoms with van der Waals surface area (Å²) in [5.41, 5.74) is 0.611. The number of benzene rings is 2. The second-order valence-corrected chi connectivity index (χ2v) is 7.75. The number of anilines is 1. The Hall–Kier alpha value is -3.17. The van der Waals surface area contributed by atoms with Gasteiger partial charge in [-0.3, -0.25) is 4.79 Å². The normalized spacial score (nSPS) is 21.2. The number of urea groups is 1. The number of methoxy groups -OCH3 is 1. The zero-order valence-electron chi connectivity index (χ0n) is 17.9. The fraction of sp³-hybridized carbons (Fsp3) is 0.391. The first-order valence-corrected chi connectivity index (χ1v) is 10.5. The van der Waals surface area contributed by atoms with Crippen LogP contribution in [0, 0.1) is 5.82 Å². The van der Waals surface area contributed by atoms with Gasteiger partial charge in [-0.25, -0.2) is 9.18 Å². The molecule has 2 aliphatic heterocycles. The monoisotopic (exact) mass is 443 g/mol. The van der Waals surface area contributed by atoms with Gasteiger partial charge in [0.15, 0.2) is 0 Å². The predicted molar refractivity (Wildman–Crippen MR) is 115 cm³/mol. The number of morpholine rings is 1. The molecule has 0 saturated carbocycles. The van der Waals surface area contributed by atoms with Crippen LogP contribution >= 0.6 is 0 Å². The number of ether oxygens (including phenoxy) is 3. The van der Waals surface area contributed by atoms with Gasteiger partial charge in [0.05, 0.1) is 39.0 Å². The Balaban J connectivity index is 1.48. The highest BCUT2D eigenvalue weighted by Crippen LogP contribution is 2.26. The van der Waals surface area contributed by atoms with Crippen molar-refractivity contribution in [1.29, 1.82) is 0 Å². The van der Waals surface area contributed by atoms with E-state index in [2.05, 4.69) is 5.32 Å². The van der Waals surface area contributed by atoms with E-state index in [1.165, 1.54) is 17.0 Å². The summed E-state index contributed by atoms with van der Waals surface area (Å²) in [6.07, 6.45) is 0.623. The van der Waals surface area contributed by atoms with Crippen LogP contribution in [-0.4, -0.2) is 74.0 Å². The second-order valence-electron chi connectivity index (χ2n) is 7.75. The number of hydrogen-bond donors (Lipinski definition) is 1. The summed E-state index contributed by atoms with van der Waals surface area (Å²) < 4.78 is 31.3. The average Bonchev–Trinajstić information content (AvgIpc) is 3.01.